The number of fused-ring (bicyclic) bond motifs is 1. The molecule has 2 aromatic heterocycles. The number of halogens is 1. The molecule has 0 fully saturated rings. The average molecular weight is 330 g/mol. The van der Waals surface area contributed by atoms with Crippen LogP contribution in [0.4, 0.5) is 5.69 Å². The molecule has 0 unspecified atom stereocenters. The van der Waals surface area contributed by atoms with E-state index in [2.05, 4.69) is 25.9 Å². The smallest absolute Gasteiger partial charge is 0.156 e. The molecule has 2 heterocycles. The standard InChI is InChI=1S/C15H12BrN3O/c1-9-11(17)3-2-4-13(9)20-14-5-6-18-12-7-10(16)8-19-15(12)14/h2-8H,17H2,1H3. The van der Waals surface area contributed by atoms with Crippen molar-refractivity contribution < 1.29 is 4.74 Å². The summed E-state index contributed by atoms with van der Waals surface area (Å²) in [5, 5.41) is 0. The van der Waals surface area contributed by atoms with Crippen LogP contribution in [0.5, 0.6) is 11.5 Å². The zero-order valence-electron chi connectivity index (χ0n) is 10.8. The van der Waals surface area contributed by atoms with Gasteiger partial charge in [-0.2, -0.15) is 0 Å². The van der Waals surface area contributed by atoms with Crippen molar-refractivity contribution in [3.05, 3.63) is 52.8 Å². The van der Waals surface area contributed by atoms with Gasteiger partial charge in [0.05, 0.1) is 5.52 Å². The number of nitrogens with zero attached hydrogens (tertiary/aromatic N) is 2. The maximum Gasteiger partial charge on any atom is 0.156 e. The Hall–Kier alpha value is -2.14. The summed E-state index contributed by atoms with van der Waals surface area (Å²) in [6.45, 7) is 1.93. The SMILES string of the molecule is Cc1c(N)cccc1Oc1ccnc2cc(Br)cnc12. The summed E-state index contributed by atoms with van der Waals surface area (Å²) in [7, 11) is 0. The van der Waals surface area contributed by atoms with Gasteiger partial charge in [-0.05, 0) is 41.1 Å². The van der Waals surface area contributed by atoms with Crippen molar-refractivity contribution in [3.8, 4) is 11.5 Å². The Bertz CT molecular complexity index is 789. The van der Waals surface area contributed by atoms with Crippen molar-refractivity contribution in [2.24, 2.45) is 0 Å². The summed E-state index contributed by atoms with van der Waals surface area (Å²) in [5.74, 6) is 1.39. The fourth-order valence-corrected chi connectivity index (χ4v) is 2.24. The molecule has 20 heavy (non-hydrogen) atoms. The molecule has 0 bridgehead atoms. The molecule has 0 aliphatic carbocycles. The first-order valence-corrected chi connectivity index (χ1v) is 6.87. The molecule has 3 rings (SSSR count). The van der Waals surface area contributed by atoms with Gasteiger partial charge >= 0.3 is 0 Å². The topological polar surface area (TPSA) is 61.0 Å². The van der Waals surface area contributed by atoms with Gasteiger partial charge in [0.1, 0.15) is 11.3 Å². The Morgan fingerprint density at radius 1 is 1.15 bits per heavy atom. The molecule has 0 saturated carbocycles. The van der Waals surface area contributed by atoms with Crippen molar-refractivity contribution in [2.75, 3.05) is 5.73 Å². The molecule has 0 aliphatic rings. The molecule has 100 valence electrons. The largest absolute Gasteiger partial charge is 0.455 e. The number of rotatable bonds is 2. The zero-order valence-corrected chi connectivity index (χ0v) is 12.4. The van der Waals surface area contributed by atoms with Crippen molar-refractivity contribution in [2.45, 2.75) is 6.92 Å². The minimum atomic E-state index is 0.663. The van der Waals surface area contributed by atoms with E-state index in [9.17, 15) is 0 Å². The molecule has 0 spiro atoms. The summed E-state index contributed by atoms with van der Waals surface area (Å²) in [6, 6.07) is 9.30. The molecule has 1 aromatic carbocycles. The predicted molar refractivity (Wildman–Crippen MR) is 82.9 cm³/mol. The fourth-order valence-electron chi connectivity index (χ4n) is 1.92. The van der Waals surface area contributed by atoms with Gasteiger partial charge < -0.3 is 10.5 Å². The summed E-state index contributed by atoms with van der Waals surface area (Å²) in [4.78, 5) is 8.65. The van der Waals surface area contributed by atoms with Crippen LogP contribution in [0, 0.1) is 6.92 Å². The highest BCUT2D eigenvalue weighted by Crippen LogP contribution is 2.31. The van der Waals surface area contributed by atoms with Crippen LogP contribution in [0.15, 0.2) is 47.2 Å². The van der Waals surface area contributed by atoms with Crippen LogP contribution in [0.1, 0.15) is 5.56 Å². The minimum absolute atomic E-state index is 0.663. The van der Waals surface area contributed by atoms with Crippen molar-refractivity contribution in [3.63, 3.8) is 0 Å². The molecule has 0 radical (unpaired) electrons. The Morgan fingerprint density at radius 3 is 2.85 bits per heavy atom. The van der Waals surface area contributed by atoms with Crippen molar-refractivity contribution >= 4 is 32.7 Å². The van der Waals surface area contributed by atoms with E-state index >= 15 is 0 Å². The van der Waals surface area contributed by atoms with Crippen molar-refractivity contribution in [1.82, 2.24) is 9.97 Å². The lowest BCUT2D eigenvalue weighted by Gasteiger charge is -2.11. The van der Waals surface area contributed by atoms with Crippen LogP contribution in [-0.2, 0) is 0 Å². The van der Waals surface area contributed by atoms with Gasteiger partial charge in [0.2, 0.25) is 0 Å². The third-order valence-electron chi connectivity index (χ3n) is 3.05. The number of pyridine rings is 2. The van der Waals surface area contributed by atoms with E-state index < -0.39 is 0 Å². The third-order valence-corrected chi connectivity index (χ3v) is 3.49. The Morgan fingerprint density at radius 2 is 2.00 bits per heavy atom. The number of benzene rings is 1. The minimum Gasteiger partial charge on any atom is -0.455 e. The molecule has 0 saturated heterocycles. The van der Waals surface area contributed by atoms with E-state index in [1.54, 1.807) is 18.5 Å². The number of nitrogen functional groups attached to an aromatic ring is 1. The van der Waals surface area contributed by atoms with Gasteiger partial charge in [-0.25, -0.2) is 4.98 Å². The first kappa shape index (κ1) is 12.9. The predicted octanol–water partition coefficient (Wildman–Crippen LogP) is 4.08. The molecule has 0 atom stereocenters. The quantitative estimate of drug-likeness (QED) is 0.720. The van der Waals surface area contributed by atoms with E-state index in [-0.39, 0.29) is 0 Å². The Labute approximate surface area is 124 Å². The van der Waals surface area contributed by atoms with Crippen LogP contribution in [0.2, 0.25) is 0 Å². The van der Waals surface area contributed by atoms with E-state index in [1.807, 2.05) is 31.2 Å². The maximum atomic E-state index is 5.95. The number of ether oxygens (including phenoxy) is 1. The van der Waals surface area contributed by atoms with E-state index in [4.69, 9.17) is 10.5 Å². The second-order valence-corrected chi connectivity index (χ2v) is 5.32. The Balaban J connectivity index is 2.09. The number of aromatic nitrogens is 2. The number of anilines is 1. The maximum absolute atomic E-state index is 5.95. The summed E-state index contributed by atoms with van der Waals surface area (Å²) >= 11 is 3.39. The van der Waals surface area contributed by atoms with Gasteiger partial charge in [0.25, 0.3) is 0 Å². The molecule has 2 N–H and O–H groups in total. The van der Waals surface area contributed by atoms with Gasteiger partial charge in [-0.3, -0.25) is 4.98 Å². The second kappa shape index (κ2) is 5.09. The fraction of sp³-hybridized carbons (Fsp3) is 0.0667. The van der Waals surface area contributed by atoms with Crippen LogP contribution in [0.3, 0.4) is 0 Å². The highest BCUT2D eigenvalue weighted by Gasteiger charge is 2.09. The lowest BCUT2D eigenvalue weighted by atomic mass is 10.2. The van der Waals surface area contributed by atoms with Crippen LogP contribution in [-0.4, -0.2) is 9.97 Å². The van der Waals surface area contributed by atoms with E-state index in [0.29, 0.717) is 11.4 Å². The summed E-state index contributed by atoms with van der Waals surface area (Å²) in [6.07, 6.45) is 3.43. The van der Waals surface area contributed by atoms with Gasteiger partial charge in [0, 0.05) is 34.2 Å². The monoisotopic (exact) mass is 329 g/mol. The van der Waals surface area contributed by atoms with Gasteiger partial charge in [-0.1, -0.05) is 6.07 Å². The second-order valence-electron chi connectivity index (χ2n) is 4.40. The van der Waals surface area contributed by atoms with E-state index in [0.717, 1.165) is 26.8 Å². The van der Waals surface area contributed by atoms with Crippen LogP contribution in [0.25, 0.3) is 11.0 Å². The lowest BCUT2D eigenvalue weighted by molar-refractivity contribution is 0.483. The number of hydrogen-bond acceptors (Lipinski definition) is 4. The lowest BCUT2D eigenvalue weighted by Crippen LogP contribution is -1.95. The van der Waals surface area contributed by atoms with Gasteiger partial charge in [-0.15, -0.1) is 0 Å². The van der Waals surface area contributed by atoms with Crippen LogP contribution < -0.4 is 10.5 Å². The van der Waals surface area contributed by atoms with Crippen LogP contribution >= 0.6 is 15.9 Å². The molecule has 4 nitrogen and oxygen atoms in total. The molecule has 0 aliphatic heterocycles. The summed E-state index contributed by atoms with van der Waals surface area (Å²) < 4.78 is 6.83. The normalized spacial score (nSPS) is 10.7. The zero-order chi connectivity index (χ0) is 14.1. The molecular weight excluding hydrogens is 318 g/mol. The molecular formula is C15H12BrN3O. The summed E-state index contributed by atoms with van der Waals surface area (Å²) in [5.41, 5.74) is 9.01. The first-order valence-electron chi connectivity index (χ1n) is 6.08. The number of hydrogen-bond donors (Lipinski definition) is 1. The van der Waals surface area contributed by atoms with Crippen molar-refractivity contribution in [1.29, 1.82) is 0 Å². The average Bonchev–Trinajstić information content (AvgIpc) is 2.44. The number of nitrogens with two attached hydrogens (primary N) is 1. The highest BCUT2D eigenvalue weighted by atomic mass is 79.9. The van der Waals surface area contributed by atoms with E-state index in [1.165, 1.54) is 0 Å². The molecule has 3 aromatic rings. The third kappa shape index (κ3) is 2.32. The first-order chi connectivity index (χ1) is 9.65. The Kier molecular flexibility index (Phi) is 3.28. The highest BCUT2D eigenvalue weighted by molar-refractivity contribution is 9.10. The molecule has 5 heteroatoms. The molecule has 0 amide bonds. The van der Waals surface area contributed by atoms with Gasteiger partial charge in [0.15, 0.2) is 5.75 Å².